The van der Waals surface area contributed by atoms with E-state index in [4.69, 9.17) is 0 Å². The first kappa shape index (κ1) is 18.7. The van der Waals surface area contributed by atoms with Crippen LogP contribution in [0.15, 0.2) is 88.7 Å². The highest BCUT2D eigenvalue weighted by molar-refractivity contribution is 7.99. The number of para-hydroxylation sites is 2. The second-order valence-electron chi connectivity index (χ2n) is 7.79. The first-order chi connectivity index (χ1) is 14.4. The van der Waals surface area contributed by atoms with Crippen molar-refractivity contribution in [1.82, 2.24) is 9.80 Å². The second kappa shape index (κ2) is 8.62. The van der Waals surface area contributed by atoms with E-state index in [1.54, 1.807) is 0 Å². The fraction of sp³-hybridized carbons (Fsp3) is 0.280. The summed E-state index contributed by atoms with van der Waals surface area (Å²) in [6, 6.07) is 28.4. The Morgan fingerprint density at radius 1 is 0.586 bits per heavy atom. The zero-order valence-corrected chi connectivity index (χ0v) is 17.5. The molecule has 1 fully saturated rings. The van der Waals surface area contributed by atoms with E-state index in [-0.39, 0.29) is 0 Å². The van der Waals surface area contributed by atoms with E-state index in [2.05, 4.69) is 93.6 Å². The van der Waals surface area contributed by atoms with Crippen LogP contribution in [0.4, 0.5) is 11.4 Å². The first-order valence-corrected chi connectivity index (χ1v) is 11.3. The summed E-state index contributed by atoms with van der Waals surface area (Å²) in [5.41, 5.74) is 4.11. The Morgan fingerprint density at radius 3 is 1.79 bits per heavy atom. The monoisotopic (exact) mass is 401 g/mol. The number of nitrogens with zero attached hydrogens (tertiary/aromatic N) is 3. The summed E-state index contributed by atoms with van der Waals surface area (Å²) in [7, 11) is 0. The molecule has 148 valence electrons. The Hall–Kier alpha value is -2.27. The first-order valence-electron chi connectivity index (χ1n) is 10.5. The fourth-order valence-electron chi connectivity index (χ4n) is 4.28. The minimum absolute atomic E-state index is 1.03. The molecule has 2 heterocycles. The predicted molar refractivity (Wildman–Crippen MR) is 122 cm³/mol. The van der Waals surface area contributed by atoms with Crippen molar-refractivity contribution >= 4 is 23.1 Å². The number of anilines is 2. The summed E-state index contributed by atoms with van der Waals surface area (Å²) in [5, 5.41) is 0. The maximum atomic E-state index is 2.62. The lowest BCUT2D eigenvalue weighted by Crippen LogP contribution is -2.47. The van der Waals surface area contributed by atoms with Crippen molar-refractivity contribution in [1.29, 1.82) is 0 Å². The number of hydrogen-bond acceptors (Lipinski definition) is 4. The van der Waals surface area contributed by atoms with Gasteiger partial charge in [-0.3, -0.25) is 9.80 Å². The van der Waals surface area contributed by atoms with Crippen LogP contribution in [0.1, 0.15) is 5.56 Å². The summed E-state index contributed by atoms with van der Waals surface area (Å²) in [6.45, 7) is 7.81. The lowest BCUT2D eigenvalue weighted by molar-refractivity contribution is 0.130. The van der Waals surface area contributed by atoms with E-state index in [0.29, 0.717) is 0 Å². The van der Waals surface area contributed by atoms with Gasteiger partial charge >= 0.3 is 0 Å². The van der Waals surface area contributed by atoms with Crippen LogP contribution in [0.25, 0.3) is 0 Å². The number of piperazine rings is 1. The topological polar surface area (TPSA) is 9.72 Å². The quantitative estimate of drug-likeness (QED) is 0.588. The Bertz CT molecular complexity index is 906. The molecule has 29 heavy (non-hydrogen) atoms. The van der Waals surface area contributed by atoms with Crippen molar-refractivity contribution in [2.24, 2.45) is 0 Å². The Labute approximate surface area is 177 Å². The number of hydrogen-bond donors (Lipinski definition) is 0. The van der Waals surface area contributed by atoms with Crippen LogP contribution in [0.3, 0.4) is 0 Å². The molecule has 0 aliphatic carbocycles. The van der Waals surface area contributed by atoms with Crippen molar-refractivity contribution in [2.75, 3.05) is 44.2 Å². The molecule has 0 bridgehead atoms. The van der Waals surface area contributed by atoms with Crippen LogP contribution in [-0.4, -0.2) is 49.1 Å². The SMILES string of the molecule is c1ccc(CN2CCN(CCN3c4ccccc4Sc4ccccc43)CC2)cc1. The third-order valence-corrected chi connectivity index (χ3v) is 7.02. The maximum absolute atomic E-state index is 2.62. The van der Waals surface area contributed by atoms with Crippen molar-refractivity contribution in [2.45, 2.75) is 16.3 Å². The minimum atomic E-state index is 1.03. The fourth-order valence-corrected chi connectivity index (χ4v) is 5.37. The van der Waals surface area contributed by atoms with Crippen LogP contribution in [0, 0.1) is 0 Å². The van der Waals surface area contributed by atoms with Gasteiger partial charge in [-0.2, -0.15) is 0 Å². The summed E-state index contributed by atoms with van der Waals surface area (Å²) in [6.07, 6.45) is 0. The van der Waals surface area contributed by atoms with Gasteiger partial charge in [-0.1, -0.05) is 66.4 Å². The molecule has 2 aliphatic rings. The maximum Gasteiger partial charge on any atom is 0.0553 e. The number of benzene rings is 3. The van der Waals surface area contributed by atoms with Gasteiger partial charge in [0.05, 0.1) is 11.4 Å². The van der Waals surface area contributed by atoms with Gasteiger partial charge < -0.3 is 4.90 Å². The summed E-state index contributed by atoms with van der Waals surface area (Å²) in [5.74, 6) is 0. The van der Waals surface area contributed by atoms with Crippen LogP contribution in [0.5, 0.6) is 0 Å². The molecule has 0 amide bonds. The number of rotatable bonds is 5. The molecular formula is C25H27N3S. The van der Waals surface area contributed by atoms with Crippen molar-refractivity contribution in [3.63, 3.8) is 0 Å². The molecule has 4 heteroatoms. The highest BCUT2D eigenvalue weighted by Gasteiger charge is 2.24. The molecule has 0 aromatic heterocycles. The summed E-state index contributed by atoms with van der Waals surface area (Å²) in [4.78, 5) is 10.4. The molecule has 0 unspecified atom stereocenters. The van der Waals surface area contributed by atoms with Gasteiger partial charge in [0, 0.05) is 55.6 Å². The van der Waals surface area contributed by atoms with Gasteiger partial charge in [-0.05, 0) is 29.8 Å². The van der Waals surface area contributed by atoms with Gasteiger partial charge in [0.1, 0.15) is 0 Å². The molecule has 0 spiro atoms. The van der Waals surface area contributed by atoms with E-state index in [0.717, 1.165) is 45.8 Å². The summed E-state index contributed by atoms with van der Waals surface area (Å²) >= 11 is 1.89. The molecular weight excluding hydrogens is 374 g/mol. The second-order valence-corrected chi connectivity index (χ2v) is 8.88. The molecule has 2 aliphatic heterocycles. The standard InChI is InChI=1S/C25H27N3S/c1-2-8-21(9-3-1)20-27-16-14-26(15-17-27)18-19-28-22-10-4-6-12-24(22)29-25-13-7-5-11-23(25)28/h1-13H,14-20H2. The van der Waals surface area contributed by atoms with Crippen molar-refractivity contribution in [3.05, 3.63) is 84.4 Å². The Morgan fingerprint density at radius 2 is 1.14 bits per heavy atom. The van der Waals surface area contributed by atoms with Gasteiger partial charge in [-0.25, -0.2) is 0 Å². The van der Waals surface area contributed by atoms with E-state index >= 15 is 0 Å². The molecule has 0 atom stereocenters. The average molecular weight is 402 g/mol. The molecule has 0 saturated carbocycles. The molecule has 3 nitrogen and oxygen atoms in total. The van der Waals surface area contributed by atoms with E-state index in [9.17, 15) is 0 Å². The molecule has 3 aromatic carbocycles. The molecule has 0 N–H and O–H groups in total. The smallest absolute Gasteiger partial charge is 0.0553 e. The van der Waals surface area contributed by atoms with Crippen molar-refractivity contribution in [3.8, 4) is 0 Å². The van der Waals surface area contributed by atoms with Crippen LogP contribution in [-0.2, 0) is 6.54 Å². The van der Waals surface area contributed by atoms with Crippen LogP contribution >= 0.6 is 11.8 Å². The van der Waals surface area contributed by atoms with Gasteiger partial charge in [0.25, 0.3) is 0 Å². The molecule has 5 rings (SSSR count). The number of fused-ring (bicyclic) bond motifs is 2. The highest BCUT2D eigenvalue weighted by atomic mass is 32.2. The normalized spacial score (nSPS) is 17.0. The highest BCUT2D eigenvalue weighted by Crippen LogP contribution is 2.47. The Balaban J connectivity index is 1.21. The van der Waals surface area contributed by atoms with Gasteiger partial charge in [0.2, 0.25) is 0 Å². The summed E-state index contributed by atoms with van der Waals surface area (Å²) < 4.78 is 0. The third kappa shape index (κ3) is 4.20. The lowest BCUT2D eigenvalue weighted by atomic mass is 10.2. The largest absolute Gasteiger partial charge is 0.338 e. The van der Waals surface area contributed by atoms with Gasteiger partial charge in [0.15, 0.2) is 0 Å². The van der Waals surface area contributed by atoms with E-state index in [1.165, 1.54) is 26.7 Å². The zero-order chi connectivity index (χ0) is 19.5. The molecule has 0 radical (unpaired) electrons. The predicted octanol–water partition coefficient (Wildman–Crippen LogP) is 5.11. The van der Waals surface area contributed by atoms with E-state index in [1.807, 2.05) is 11.8 Å². The van der Waals surface area contributed by atoms with Gasteiger partial charge in [-0.15, -0.1) is 0 Å². The minimum Gasteiger partial charge on any atom is -0.338 e. The Kier molecular flexibility index (Phi) is 5.57. The average Bonchev–Trinajstić information content (AvgIpc) is 2.78. The molecule has 3 aromatic rings. The van der Waals surface area contributed by atoms with Crippen LogP contribution in [0.2, 0.25) is 0 Å². The van der Waals surface area contributed by atoms with Crippen LogP contribution < -0.4 is 4.90 Å². The van der Waals surface area contributed by atoms with E-state index < -0.39 is 0 Å². The lowest BCUT2D eigenvalue weighted by Gasteiger charge is -2.38. The van der Waals surface area contributed by atoms with Crippen molar-refractivity contribution < 1.29 is 0 Å². The zero-order valence-electron chi connectivity index (χ0n) is 16.7. The third-order valence-electron chi connectivity index (χ3n) is 5.89. The molecule has 1 saturated heterocycles.